The summed E-state index contributed by atoms with van der Waals surface area (Å²) >= 11 is 0.740. The first-order chi connectivity index (χ1) is 8.80. The highest BCUT2D eigenvalue weighted by Crippen LogP contribution is 2.38. The Bertz CT molecular complexity index is 634. The minimum atomic E-state index is -4.50. The van der Waals surface area contributed by atoms with Gasteiger partial charge in [0.2, 0.25) is 0 Å². The van der Waals surface area contributed by atoms with E-state index in [0.29, 0.717) is 0 Å². The molecule has 100 valence electrons. The molecule has 1 N–H and O–H groups in total. The maximum Gasteiger partial charge on any atom is 0.417 e. The molecule has 1 aromatic carbocycles. The molecule has 0 unspecified atom stereocenters. The van der Waals surface area contributed by atoms with Gasteiger partial charge < -0.3 is 5.11 Å². The van der Waals surface area contributed by atoms with Crippen LogP contribution in [0.5, 0.6) is 0 Å². The van der Waals surface area contributed by atoms with Crippen molar-refractivity contribution in [1.29, 1.82) is 0 Å². The van der Waals surface area contributed by atoms with E-state index in [1.54, 1.807) is 0 Å². The van der Waals surface area contributed by atoms with Crippen LogP contribution in [0, 0.1) is 6.92 Å². The number of aryl methyl sites for hydroxylation is 1. The molecule has 0 atom stereocenters. The van der Waals surface area contributed by atoms with Crippen molar-refractivity contribution in [1.82, 2.24) is 4.98 Å². The second-order valence-electron chi connectivity index (χ2n) is 3.78. The van der Waals surface area contributed by atoms with E-state index in [2.05, 4.69) is 4.98 Å². The Balaban J connectivity index is 2.60. The van der Waals surface area contributed by atoms with Gasteiger partial charge in [-0.2, -0.15) is 13.2 Å². The van der Waals surface area contributed by atoms with Crippen LogP contribution >= 0.6 is 11.3 Å². The zero-order chi connectivity index (χ0) is 14.2. The number of thiazole rings is 1. The molecule has 0 spiro atoms. The lowest BCUT2D eigenvalue weighted by Gasteiger charge is -2.10. The number of nitrogens with zero attached hydrogens (tertiary/aromatic N) is 1. The fourth-order valence-corrected chi connectivity index (χ4v) is 2.57. The van der Waals surface area contributed by atoms with Crippen molar-refractivity contribution in [3.63, 3.8) is 0 Å². The van der Waals surface area contributed by atoms with E-state index < -0.39 is 17.7 Å². The molecule has 7 heteroatoms. The first-order valence-corrected chi connectivity index (χ1v) is 5.99. The summed E-state index contributed by atoms with van der Waals surface area (Å²) in [6.45, 7) is 1.46. The van der Waals surface area contributed by atoms with Crippen molar-refractivity contribution < 1.29 is 23.1 Å². The maximum atomic E-state index is 12.9. The first kappa shape index (κ1) is 13.5. The Morgan fingerprint density at radius 1 is 1.32 bits per heavy atom. The van der Waals surface area contributed by atoms with Gasteiger partial charge >= 0.3 is 12.1 Å². The molecule has 0 amide bonds. The molecule has 0 fully saturated rings. The van der Waals surface area contributed by atoms with Gasteiger partial charge in [-0.15, -0.1) is 11.3 Å². The van der Waals surface area contributed by atoms with Gasteiger partial charge in [-0.1, -0.05) is 18.2 Å². The Morgan fingerprint density at radius 2 is 1.95 bits per heavy atom. The van der Waals surface area contributed by atoms with Crippen LogP contribution in [-0.4, -0.2) is 16.1 Å². The molecule has 0 aliphatic carbocycles. The number of carboxylic acids is 1. The molecular weight excluding hydrogens is 279 g/mol. The van der Waals surface area contributed by atoms with E-state index in [4.69, 9.17) is 5.11 Å². The summed E-state index contributed by atoms with van der Waals surface area (Å²) in [4.78, 5) is 14.8. The van der Waals surface area contributed by atoms with Gasteiger partial charge in [0.05, 0.1) is 11.3 Å². The molecule has 2 aromatic rings. The van der Waals surface area contributed by atoms with E-state index in [1.165, 1.54) is 25.1 Å². The Labute approximate surface area is 110 Å². The van der Waals surface area contributed by atoms with E-state index in [1.807, 2.05) is 0 Å². The molecule has 0 aliphatic heterocycles. The minimum absolute atomic E-state index is 0.0491. The second kappa shape index (κ2) is 4.65. The van der Waals surface area contributed by atoms with Crippen LogP contribution in [0.15, 0.2) is 24.3 Å². The molecule has 0 saturated carbocycles. The van der Waals surface area contributed by atoms with Crippen molar-refractivity contribution in [3.05, 3.63) is 40.4 Å². The average molecular weight is 287 g/mol. The number of rotatable bonds is 2. The Morgan fingerprint density at radius 3 is 2.47 bits per heavy atom. The first-order valence-electron chi connectivity index (χ1n) is 5.18. The van der Waals surface area contributed by atoms with E-state index >= 15 is 0 Å². The van der Waals surface area contributed by atoms with Crippen LogP contribution < -0.4 is 0 Å². The van der Waals surface area contributed by atoms with Crippen LogP contribution in [0.4, 0.5) is 13.2 Å². The highest BCUT2D eigenvalue weighted by Gasteiger charge is 2.34. The number of aromatic nitrogens is 1. The Kier molecular flexibility index (Phi) is 3.32. The van der Waals surface area contributed by atoms with Crippen molar-refractivity contribution in [3.8, 4) is 10.6 Å². The van der Waals surface area contributed by atoms with Crippen molar-refractivity contribution in [2.75, 3.05) is 0 Å². The number of halogens is 3. The monoisotopic (exact) mass is 287 g/mol. The largest absolute Gasteiger partial charge is 0.477 e. The van der Waals surface area contributed by atoms with Crippen LogP contribution in [-0.2, 0) is 6.18 Å². The maximum absolute atomic E-state index is 12.9. The summed E-state index contributed by atoms with van der Waals surface area (Å²) in [5, 5.41) is 8.96. The van der Waals surface area contributed by atoms with Gasteiger partial charge in [0.15, 0.2) is 0 Å². The third-order valence-corrected chi connectivity index (χ3v) is 3.63. The number of benzene rings is 1. The lowest BCUT2D eigenvalue weighted by atomic mass is 10.1. The summed E-state index contributed by atoms with van der Waals surface area (Å²) in [7, 11) is 0. The summed E-state index contributed by atoms with van der Waals surface area (Å²) in [6, 6.07) is 4.98. The molecule has 0 radical (unpaired) electrons. The number of carbonyl (C=O) groups is 1. The smallest absolute Gasteiger partial charge is 0.417 e. The number of carboxylic acid groups (broad SMARTS) is 1. The molecule has 0 saturated heterocycles. The average Bonchev–Trinajstić information content (AvgIpc) is 2.70. The number of hydrogen-bond donors (Lipinski definition) is 1. The van der Waals surface area contributed by atoms with E-state index in [9.17, 15) is 18.0 Å². The van der Waals surface area contributed by atoms with Gasteiger partial charge in [0.1, 0.15) is 9.88 Å². The number of alkyl halides is 3. The fraction of sp³-hybridized carbons (Fsp3) is 0.167. The van der Waals surface area contributed by atoms with Crippen LogP contribution in [0.1, 0.15) is 20.9 Å². The standard InChI is InChI=1S/C12H8F3NO2S/c1-6-9(11(17)18)19-10(16-6)7-4-2-3-5-8(7)12(13,14)15/h2-5H,1H3,(H,17,18). The molecule has 1 heterocycles. The SMILES string of the molecule is Cc1nc(-c2ccccc2C(F)(F)F)sc1C(=O)O. The van der Waals surface area contributed by atoms with Crippen molar-refractivity contribution in [2.24, 2.45) is 0 Å². The Hall–Kier alpha value is -1.89. The fourth-order valence-electron chi connectivity index (χ4n) is 1.63. The third kappa shape index (κ3) is 2.60. The van der Waals surface area contributed by atoms with Crippen molar-refractivity contribution in [2.45, 2.75) is 13.1 Å². The summed E-state index contributed by atoms with van der Waals surface area (Å²) < 4.78 is 38.6. The molecule has 19 heavy (non-hydrogen) atoms. The molecular formula is C12H8F3NO2S. The van der Waals surface area contributed by atoms with E-state index in [0.717, 1.165) is 17.4 Å². The van der Waals surface area contributed by atoms with E-state index in [-0.39, 0.29) is 21.1 Å². The predicted molar refractivity (Wildman–Crippen MR) is 64.2 cm³/mol. The third-order valence-electron chi connectivity index (χ3n) is 2.45. The van der Waals surface area contributed by atoms with Crippen LogP contribution in [0.3, 0.4) is 0 Å². The minimum Gasteiger partial charge on any atom is -0.477 e. The highest BCUT2D eigenvalue weighted by atomic mass is 32.1. The summed E-state index contributed by atoms with van der Waals surface area (Å²) in [5.74, 6) is -1.19. The van der Waals surface area contributed by atoms with Gasteiger partial charge in [-0.3, -0.25) is 0 Å². The predicted octanol–water partition coefficient (Wildman–Crippen LogP) is 3.84. The quantitative estimate of drug-likeness (QED) is 0.913. The molecule has 0 bridgehead atoms. The van der Waals surface area contributed by atoms with Gasteiger partial charge in [-0.05, 0) is 13.0 Å². The number of hydrogen-bond acceptors (Lipinski definition) is 3. The lowest BCUT2D eigenvalue weighted by molar-refractivity contribution is -0.137. The van der Waals surface area contributed by atoms with Crippen LogP contribution in [0.2, 0.25) is 0 Å². The van der Waals surface area contributed by atoms with Crippen LogP contribution in [0.25, 0.3) is 10.6 Å². The van der Waals surface area contributed by atoms with Crippen molar-refractivity contribution >= 4 is 17.3 Å². The van der Waals surface area contributed by atoms with Gasteiger partial charge in [0.25, 0.3) is 0 Å². The zero-order valence-electron chi connectivity index (χ0n) is 9.65. The highest BCUT2D eigenvalue weighted by molar-refractivity contribution is 7.17. The molecule has 2 rings (SSSR count). The molecule has 3 nitrogen and oxygen atoms in total. The zero-order valence-corrected chi connectivity index (χ0v) is 10.5. The topological polar surface area (TPSA) is 50.2 Å². The normalized spacial score (nSPS) is 11.6. The summed E-state index contributed by atoms with van der Waals surface area (Å²) in [6.07, 6.45) is -4.50. The van der Waals surface area contributed by atoms with Gasteiger partial charge in [0, 0.05) is 5.56 Å². The second-order valence-corrected chi connectivity index (χ2v) is 4.78. The molecule has 1 aromatic heterocycles. The lowest BCUT2D eigenvalue weighted by Crippen LogP contribution is -2.06. The van der Waals surface area contributed by atoms with Gasteiger partial charge in [-0.25, -0.2) is 9.78 Å². The molecule has 0 aliphatic rings. The summed E-state index contributed by atoms with van der Waals surface area (Å²) in [5.41, 5.74) is -0.708. The number of aromatic carboxylic acids is 1.